The van der Waals surface area contributed by atoms with E-state index < -0.39 is 0 Å². The van der Waals surface area contributed by atoms with Crippen LogP contribution in [0.3, 0.4) is 0 Å². The van der Waals surface area contributed by atoms with Gasteiger partial charge in [-0.15, -0.1) is 0 Å². The van der Waals surface area contributed by atoms with Gasteiger partial charge in [0, 0.05) is 17.9 Å². The number of esters is 1. The van der Waals surface area contributed by atoms with Crippen LogP contribution < -0.4 is 4.74 Å². The third-order valence-electron chi connectivity index (χ3n) is 2.55. The van der Waals surface area contributed by atoms with E-state index in [9.17, 15) is 4.79 Å². The van der Waals surface area contributed by atoms with Crippen LogP contribution in [0.25, 0.3) is 17.0 Å². The van der Waals surface area contributed by atoms with Gasteiger partial charge in [0.15, 0.2) is 0 Å². The zero-order chi connectivity index (χ0) is 12.4. The normalized spacial score (nSPS) is 10.2. The molecular formula is C14H13NO2. The average molecular weight is 227 g/mol. The molecule has 0 spiro atoms. The van der Waals surface area contributed by atoms with Gasteiger partial charge in [-0.05, 0) is 25.1 Å². The second kappa shape index (κ2) is 4.37. The molecule has 86 valence electrons. The van der Waals surface area contributed by atoms with Crippen molar-refractivity contribution >= 4 is 22.9 Å². The van der Waals surface area contributed by atoms with Gasteiger partial charge in [0.1, 0.15) is 5.75 Å². The number of rotatable bonds is 2. The van der Waals surface area contributed by atoms with Crippen LogP contribution in [0.1, 0.15) is 18.2 Å². The second-order valence-corrected chi connectivity index (χ2v) is 3.77. The Morgan fingerprint density at radius 3 is 2.76 bits per heavy atom. The minimum absolute atomic E-state index is 0.334. The van der Waals surface area contributed by atoms with Gasteiger partial charge in [0.05, 0.1) is 11.2 Å². The second-order valence-electron chi connectivity index (χ2n) is 3.77. The number of fused-ring (bicyclic) bond motifs is 1. The van der Waals surface area contributed by atoms with E-state index in [1.807, 2.05) is 31.2 Å². The van der Waals surface area contributed by atoms with Crippen LogP contribution in [0.15, 0.2) is 30.8 Å². The molecule has 0 saturated carbocycles. The first-order chi connectivity index (χ1) is 8.13. The predicted octanol–water partition coefficient (Wildman–Crippen LogP) is 3.11. The van der Waals surface area contributed by atoms with E-state index in [1.54, 1.807) is 6.08 Å². The third kappa shape index (κ3) is 2.04. The highest BCUT2D eigenvalue weighted by Gasteiger charge is 2.12. The zero-order valence-electron chi connectivity index (χ0n) is 9.86. The molecule has 0 aliphatic rings. The van der Waals surface area contributed by atoms with Crippen LogP contribution in [-0.2, 0) is 4.79 Å². The van der Waals surface area contributed by atoms with E-state index in [0.29, 0.717) is 5.75 Å². The quantitative estimate of drug-likeness (QED) is 0.740. The van der Waals surface area contributed by atoms with E-state index >= 15 is 0 Å². The summed E-state index contributed by atoms with van der Waals surface area (Å²) in [5.74, 6) is 0.234. The van der Waals surface area contributed by atoms with E-state index in [2.05, 4.69) is 11.6 Å². The van der Waals surface area contributed by atoms with Crippen LogP contribution in [0.4, 0.5) is 0 Å². The molecule has 1 aromatic heterocycles. The maximum Gasteiger partial charge on any atom is 0.308 e. The highest BCUT2D eigenvalue weighted by Crippen LogP contribution is 2.30. The minimum atomic E-state index is -0.334. The van der Waals surface area contributed by atoms with Crippen molar-refractivity contribution in [2.24, 2.45) is 0 Å². The number of nitrogens with zero attached hydrogens (tertiary/aromatic N) is 1. The minimum Gasteiger partial charge on any atom is -0.426 e. The number of aromatic nitrogens is 1. The number of pyridine rings is 1. The molecule has 0 unspecified atom stereocenters. The number of benzene rings is 1. The largest absolute Gasteiger partial charge is 0.426 e. The zero-order valence-corrected chi connectivity index (χ0v) is 9.86. The smallest absolute Gasteiger partial charge is 0.308 e. The van der Waals surface area contributed by atoms with Crippen LogP contribution >= 0.6 is 0 Å². The highest BCUT2D eigenvalue weighted by molar-refractivity contribution is 5.90. The summed E-state index contributed by atoms with van der Waals surface area (Å²) < 4.78 is 5.27. The van der Waals surface area contributed by atoms with Gasteiger partial charge >= 0.3 is 5.97 Å². The maximum atomic E-state index is 11.1. The highest BCUT2D eigenvalue weighted by atomic mass is 16.5. The number of hydrogen-bond donors (Lipinski definition) is 0. The van der Waals surface area contributed by atoms with E-state index in [0.717, 1.165) is 22.2 Å². The summed E-state index contributed by atoms with van der Waals surface area (Å²) in [5, 5.41) is 0.839. The molecule has 0 bridgehead atoms. The van der Waals surface area contributed by atoms with E-state index in [1.165, 1.54) is 6.92 Å². The Morgan fingerprint density at radius 2 is 2.12 bits per heavy atom. The Labute approximate surface area is 99.7 Å². The average Bonchev–Trinajstić information content (AvgIpc) is 2.32. The Hall–Kier alpha value is -2.16. The van der Waals surface area contributed by atoms with Crippen molar-refractivity contribution in [2.45, 2.75) is 13.8 Å². The van der Waals surface area contributed by atoms with Crippen molar-refractivity contribution in [3.05, 3.63) is 42.1 Å². The fraction of sp³-hybridized carbons (Fsp3) is 0.143. The first-order valence-corrected chi connectivity index (χ1v) is 5.33. The lowest BCUT2D eigenvalue weighted by atomic mass is 10.1. The van der Waals surface area contributed by atoms with Crippen molar-refractivity contribution < 1.29 is 9.53 Å². The third-order valence-corrected chi connectivity index (χ3v) is 2.55. The molecule has 1 aromatic carbocycles. The van der Waals surface area contributed by atoms with Gasteiger partial charge in [0.2, 0.25) is 0 Å². The molecule has 0 aliphatic carbocycles. The van der Waals surface area contributed by atoms with Crippen LogP contribution in [0, 0.1) is 6.92 Å². The Kier molecular flexibility index (Phi) is 2.91. The summed E-state index contributed by atoms with van der Waals surface area (Å²) in [6.07, 6.45) is 1.66. The van der Waals surface area contributed by atoms with Gasteiger partial charge in [0.25, 0.3) is 0 Å². The number of hydrogen-bond acceptors (Lipinski definition) is 3. The SMILES string of the molecule is C=Cc1nc2ccccc2c(OC(C)=O)c1C. The summed E-state index contributed by atoms with van der Waals surface area (Å²) in [5.41, 5.74) is 2.36. The summed E-state index contributed by atoms with van der Waals surface area (Å²) in [6, 6.07) is 7.56. The molecule has 0 radical (unpaired) electrons. The molecule has 2 rings (SSSR count). The molecule has 1 heterocycles. The summed E-state index contributed by atoms with van der Waals surface area (Å²) in [4.78, 5) is 15.6. The first-order valence-electron chi connectivity index (χ1n) is 5.33. The van der Waals surface area contributed by atoms with Crippen LogP contribution in [-0.4, -0.2) is 11.0 Å². The predicted molar refractivity (Wildman–Crippen MR) is 67.9 cm³/mol. The molecule has 0 saturated heterocycles. The lowest BCUT2D eigenvalue weighted by molar-refractivity contribution is -0.131. The number of carbonyl (C=O) groups is 1. The summed E-state index contributed by atoms with van der Waals surface area (Å²) >= 11 is 0. The van der Waals surface area contributed by atoms with E-state index in [-0.39, 0.29) is 5.97 Å². The first kappa shape index (κ1) is 11.3. The van der Waals surface area contributed by atoms with Gasteiger partial charge in [-0.1, -0.05) is 18.7 Å². The van der Waals surface area contributed by atoms with Crippen molar-refractivity contribution in [3.63, 3.8) is 0 Å². The molecular weight excluding hydrogens is 214 g/mol. The molecule has 17 heavy (non-hydrogen) atoms. The molecule has 0 aliphatic heterocycles. The lowest BCUT2D eigenvalue weighted by Gasteiger charge is -2.11. The standard InChI is InChI=1S/C14H13NO2/c1-4-12-9(2)14(17-10(3)16)11-7-5-6-8-13(11)15-12/h4-8H,1H2,2-3H3. The van der Waals surface area contributed by atoms with E-state index in [4.69, 9.17) is 4.74 Å². The summed E-state index contributed by atoms with van der Waals surface area (Å²) in [7, 11) is 0. The van der Waals surface area contributed by atoms with Crippen molar-refractivity contribution in [1.82, 2.24) is 4.98 Å². The summed E-state index contributed by atoms with van der Waals surface area (Å²) in [6.45, 7) is 6.98. The number of carbonyl (C=O) groups excluding carboxylic acids is 1. The molecule has 3 heteroatoms. The number of ether oxygens (including phenoxy) is 1. The molecule has 0 fully saturated rings. The molecule has 2 aromatic rings. The van der Waals surface area contributed by atoms with Gasteiger partial charge in [-0.2, -0.15) is 0 Å². The Bertz CT molecular complexity index is 602. The fourth-order valence-corrected chi connectivity index (χ4v) is 1.77. The molecule has 0 N–H and O–H groups in total. The lowest BCUT2D eigenvalue weighted by Crippen LogP contribution is -2.05. The van der Waals surface area contributed by atoms with Crippen molar-refractivity contribution in [2.75, 3.05) is 0 Å². The molecule has 0 amide bonds. The maximum absolute atomic E-state index is 11.1. The molecule has 3 nitrogen and oxygen atoms in total. The topological polar surface area (TPSA) is 39.2 Å². The number of para-hydroxylation sites is 1. The van der Waals surface area contributed by atoms with Gasteiger partial charge < -0.3 is 4.74 Å². The van der Waals surface area contributed by atoms with Crippen LogP contribution in [0.5, 0.6) is 5.75 Å². The monoisotopic (exact) mass is 227 g/mol. The molecule has 0 atom stereocenters. The van der Waals surface area contributed by atoms with Crippen LogP contribution in [0.2, 0.25) is 0 Å². The van der Waals surface area contributed by atoms with Gasteiger partial charge in [-0.3, -0.25) is 4.79 Å². The van der Waals surface area contributed by atoms with Crippen molar-refractivity contribution in [1.29, 1.82) is 0 Å². The van der Waals surface area contributed by atoms with Gasteiger partial charge in [-0.25, -0.2) is 4.98 Å². The fourth-order valence-electron chi connectivity index (χ4n) is 1.77. The Balaban J connectivity index is 2.79. The van der Waals surface area contributed by atoms with Crippen molar-refractivity contribution in [3.8, 4) is 5.75 Å². The Morgan fingerprint density at radius 1 is 1.41 bits per heavy atom.